The lowest BCUT2D eigenvalue weighted by Gasteiger charge is -2.32. The van der Waals surface area contributed by atoms with Gasteiger partial charge < -0.3 is 23.5 Å². The number of furan rings is 2. The van der Waals surface area contributed by atoms with Crippen molar-refractivity contribution in [3.05, 3.63) is 247 Å². The maximum atomic E-state index is 8.02. The first-order chi connectivity index (χ1) is 35.9. The van der Waals surface area contributed by atoms with Crippen LogP contribution in [0.15, 0.2) is 239 Å². The molecule has 0 N–H and O–H groups in total. The lowest BCUT2D eigenvalue weighted by Crippen LogP contribution is -2.16. The van der Waals surface area contributed by atoms with Gasteiger partial charge in [0.05, 0.1) is 16.4 Å². The van der Waals surface area contributed by atoms with Gasteiger partial charge in [0, 0.05) is 67.4 Å². The van der Waals surface area contributed by atoms with Crippen LogP contribution in [0.25, 0.3) is 55.0 Å². The largest absolute Gasteiger partial charge is 0.456 e. The minimum atomic E-state index is -0.0407. The SMILES string of the molecule is CC(C)(C)c1ccc(N(c2cccc(N(c3cccc(-c4ccccc4)c3)c3ccc4oc5ccccc5c4c3)c2)c2cccc(N(c3ccc(C(C)(C)C)cc3)c3ccc4c(c3)oc3ccccc34)c2Cl)cc1. The number of hydrogen-bond donors (Lipinski definition) is 0. The van der Waals surface area contributed by atoms with E-state index in [9.17, 15) is 0 Å². The van der Waals surface area contributed by atoms with Crippen molar-refractivity contribution < 1.29 is 8.83 Å². The zero-order valence-corrected chi connectivity index (χ0v) is 43.2. The summed E-state index contributed by atoms with van der Waals surface area (Å²) in [5.74, 6) is 0. The standard InChI is InChI=1S/C68H56ClN3O2/c1-67(2,3)47-29-33-49(34-30-47)71(60-25-16-26-61(66(60)69)72(50-35-31-48(32-36-50)68(4,5)6)55-37-39-58-56-23-10-12-27-62(56)74-65(58)44-55)53-22-15-21-52(42-53)70(51-20-14-19-46(41-51)45-17-8-7-9-18-45)54-38-40-64-59(43-54)57-24-11-13-28-63(57)73-64/h7-44H,1-6H3. The molecule has 0 amide bonds. The average Bonchev–Trinajstić information content (AvgIpc) is 3.98. The zero-order chi connectivity index (χ0) is 50.7. The van der Waals surface area contributed by atoms with Crippen LogP contribution in [-0.4, -0.2) is 0 Å². The van der Waals surface area contributed by atoms with Crippen molar-refractivity contribution in [1.29, 1.82) is 0 Å². The Balaban J connectivity index is 1.05. The molecule has 0 fully saturated rings. The fraction of sp³-hybridized carbons (Fsp3) is 0.118. The Morgan fingerprint density at radius 3 is 1.32 bits per heavy atom. The topological polar surface area (TPSA) is 36.0 Å². The van der Waals surface area contributed by atoms with E-state index in [1.165, 1.54) is 11.1 Å². The molecule has 0 atom stereocenters. The Labute approximate surface area is 438 Å². The summed E-state index contributed by atoms with van der Waals surface area (Å²) in [7, 11) is 0. The zero-order valence-electron chi connectivity index (χ0n) is 42.5. The van der Waals surface area contributed by atoms with Gasteiger partial charge in [-0.3, -0.25) is 0 Å². The van der Waals surface area contributed by atoms with Crippen molar-refractivity contribution in [2.24, 2.45) is 0 Å². The van der Waals surface area contributed by atoms with E-state index in [2.05, 4.69) is 262 Å². The second-order valence-corrected chi connectivity index (χ2v) is 21.6. The molecule has 0 saturated heterocycles. The maximum absolute atomic E-state index is 8.02. The number of anilines is 9. The molecule has 0 radical (unpaired) electrons. The number of halogens is 1. The van der Waals surface area contributed by atoms with Crippen LogP contribution >= 0.6 is 11.6 Å². The molecule has 0 saturated carbocycles. The Kier molecular flexibility index (Phi) is 11.6. The molecule has 10 aromatic carbocycles. The van der Waals surface area contributed by atoms with E-state index >= 15 is 0 Å². The van der Waals surface area contributed by atoms with Gasteiger partial charge in [-0.2, -0.15) is 0 Å². The summed E-state index contributed by atoms with van der Waals surface area (Å²) in [5.41, 5.74) is 16.5. The van der Waals surface area contributed by atoms with Gasteiger partial charge in [-0.15, -0.1) is 0 Å². The molecule has 6 heteroatoms. The molecule has 12 rings (SSSR count). The monoisotopic (exact) mass is 981 g/mol. The van der Waals surface area contributed by atoms with Crippen LogP contribution in [0.1, 0.15) is 52.7 Å². The minimum absolute atomic E-state index is 0.0215. The number of nitrogens with zero attached hydrogens (tertiary/aromatic N) is 3. The molecular weight excluding hydrogens is 926 g/mol. The van der Waals surface area contributed by atoms with Crippen LogP contribution in [0.3, 0.4) is 0 Å². The van der Waals surface area contributed by atoms with Crippen molar-refractivity contribution in [3.63, 3.8) is 0 Å². The number of rotatable bonds is 10. The van der Waals surface area contributed by atoms with Crippen LogP contribution in [0, 0.1) is 0 Å². The fourth-order valence-electron chi connectivity index (χ4n) is 10.3. The maximum Gasteiger partial charge on any atom is 0.137 e. The third-order valence-electron chi connectivity index (χ3n) is 14.2. The summed E-state index contributed by atoms with van der Waals surface area (Å²) < 4.78 is 12.9. The second-order valence-electron chi connectivity index (χ2n) is 21.2. The molecule has 74 heavy (non-hydrogen) atoms. The predicted molar refractivity (Wildman–Crippen MR) is 313 cm³/mol. The normalized spacial score (nSPS) is 12.0. The van der Waals surface area contributed by atoms with E-state index in [1.807, 2.05) is 24.3 Å². The summed E-state index contributed by atoms with van der Waals surface area (Å²) in [5, 5.41) is 4.87. The van der Waals surface area contributed by atoms with Gasteiger partial charge in [0.2, 0.25) is 0 Å². The van der Waals surface area contributed by atoms with E-state index in [1.54, 1.807) is 0 Å². The fourth-order valence-corrected chi connectivity index (χ4v) is 10.6. The number of fused-ring (bicyclic) bond motifs is 6. The number of para-hydroxylation sites is 2. The lowest BCUT2D eigenvalue weighted by atomic mass is 9.87. The van der Waals surface area contributed by atoms with Gasteiger partial charge in [0.25, 0.3) is 0 Å². The van der Waals surface area contributed by atoms with Gasteiger partial charge in [-0.05, 0) is 142 Å². The van der Waals surface area contributed by atoms with Gasteiger partial charge in [-0.1, -0.05) is 168 Å². The van der Waals surface area contributed by atoms with Crippen molar-refractivity contribution >= 4 is 107 Å². The van der Waals surface area contributed by atoms with Gasteiger partial charge >= 0.3 is 0 Å². The average molecular weight is 983 g/mol. The summed E-state index contributed by atoms with van der Waals surface area (Å²) in [6, 6.07) is 81.6. The molecule has 0 aliphatic heterocycles. The minimum Gasteiger partial charge on any atom is -0.456 e. The van der Waals surface area contributed by atoms with E-state index in [-0.39, 0.29) is 10.8 Å². The predicted octanol–water partition coefficient (Wildman–Crippen LogP) is 20.8. The van der Waals surface area contributed by atoms with Crippen molar-refractivity contribution in [2.75, 3.05) is 14.7 Å². The smallest absolute Gasteiger partial charge is 0.137 e. The van der Waals surface area contributed by atoms with Gasteiger partial charge in [-0.25, -0.2) is 0 Å². The molecule has 0 aliphatic rings. The summed E-state index contributed by atoms with van der Waals surface area (Å²) in [4.78, 5) is 6.88. The Morgan fingerprint density at radius 1 is 0.297 bits per heavy atom. The Bertz CT molecular complexity index is 4010. The number of hydrogen-bond acceptors (Lipinski definition) is 5. The lowest BCUT2D eigenvalue weighted by molar-refractivity contribution is 0.590. The number of benzene rings is 10. The van der Waals surface area contributed by atoms with Crippen LogP contribution in [0.4, 0.5) is 51.2 Å². The summed E-state index contributed by atoms with van der Waals surface area (Å²) in [6.07, 6.45) is 0. The molecule has 362 valence electrons. The highest BCUT2D eigenvalue weighted by Crippen LogP contribution is 2.49. The first-order valence-corrected chi connectivity index (χ1v) is 25.7. The van der Waals surface area contributed by atoms with Crippen molar-refractivity contribution in [2.45, 2.75) is 52.4 Å². The third-order valence-corrected chi connectivity index (χ3v) is 14.6. The van der Waals surface area contributed by atoms with Crippen LogP contribution in [0.2, 0.25) is 5.02 Å². The molecule has 12 aromatic rings. The Morgan fingerprint density at radius 2 is 0.716 bits per heavy atom. The molecule has 2 aromatic heterocycles. The molecule has 0 spiro atoms. The van der Waals surface area contributed by atoms with E-state index in [4.69, 9.17) is 20.4 Å². The highest BCUT2D eigenvalue weighted by Gasteiger charge is 2.26. The van der Waals surface area contributed by atoms with E-state index < -0.39 is 0 Å². The first kappa shape index (κ1) is 46.6. The highest BCUT2D eigenvalue weighted by molar-refractivity contribution is 6.36. The molecule has 0 bridgehead atoms. The molecule has 0 unspecified atom stereocenters. The molecular formula is C68H56ClN3O2. The summed E-state index contributed by atoms with van der Waals surface area (Å²) >= 11 is 8.02. The van der Waals surface area contributed by atoms with Crippen LogP contribution in [0.5, 0.6) is 0 Å². The molecule has 5 nitrogen and oxygen atoms in total. The van der Waals surface area contributed by atoms with Crippen LogP contribution in [-0.2, 0) is 10.8 Å². The molecule has 0 aliphatic carbocycles. The first-order valence-electron chi connectivity index (χ1n) is 25.3. The summed E-state index contributed by atoms with van der Waals surface area (Å²) in [6.45, 7) is 13.5. The Hall–Kier alpha value is -8.51. The van der Waals surface area contributed by atoms with Crippen LogP contribution < -0.4 is 14.7 Å². The quantitative estimate of drug-likeness (QED) is 0.136. The van der Waals surface area contributed by atoms with Gasteiger partial charge in [0.1, 0.15) is 22.3 Å². The second kappa shape index (κ2) is 18.5. The van der Waals surface area contributed by atoms with E-state index in [0.29, 0.717) is 5.02 Å². The van der Waals surface area contributed by atoms with E-state index in [0.717, 1.165) is 106 Å². The van der Waals surface area contributed by atoms with Crippen molar-refractivity contribution in [1.82, 2.24) is 0 Å². The molecule has 2 heterocycles. The van der Waals surface area contributed by atoms with Crippen molar-refractivity contribution in [3.8, 4) is 11.1 Å². The van der Waals surface area contributed by atoms with Gasteiger partial charge in [0.15, 0.2) is 0 Å². The highest BCUT2D eigenvalue weighted by atomic mass is 35.5. The third kappa shape index (κ3) is 8.63.